The molecule has 5 nitrogen and oxygen atoms in total. The van der Waals surface area contributed by atoms with Gasteiger partial charge < -0.3 is 14.4 Å². The van der Waals surface area contributed by atoms with Crippen molar-refractivity contribution < 1.29 is 19.1 Å². The number of furan rings is 1. The summed E-state index contributed by atoms with van der Waals surface area (Å²) in [6.07, 6.45) is 4.00. The Balaban J connectivity index is 1.68. The molecule has 2 heterocycles. The molecule has 2 aromatic rings. The molecule has 0 unspecified atom stereocenters. The fraction of sp³-hybridized carbons (Fsp3) is 0.474. The summed E-state index contributed by atoms with van der Waals surface area (Å²) in [5.74, 6) is -0.808. The van der Waals surface area contributed by atoms with E-state index >= 15 is 0 Å². The first-order valence-electron chi connectivity index (χ1n) is 8.43. The highest BCUT2D eigenvalue weighted by Crippen LogP contribution is 2.49. The van der Waals surface area contributed by atoms with Gasteiger partial charge in [0, 0.05) is 18.5 Å². The molecule has 1 N–H and O–H groups in total. The molecule has 1 amide bonds. The third kappa shape index (κ3) is 2.00. The van der Waals surface area contributed by atoms with Crippen molar-refractivity contribution in [3.05, 3.63) is 35.1 Å². The van der Waals surface area contributed by atoms with Gasteiger partial charge in [0.1, 0.15) is 11.8 Å². The van der Waals surface area contributed by atoms with Gasteiger partial charge in [-0.1, -0.05) is 6.42 Å². The Labute approximate surface area is 140 Å². The molecule has 126 valence electrons. The maximum Gasteiger partial charge on any atom is 0.311 e. The van der Waals surface area contributed by atoms with Crippen LogP contribution in [0.3, 0.4) is 0 Å². The smallest absolute Gasteiger partial charge is 0.311 e. The topological polar surface area (TPSA) is 70.8 Å². The third-order valence-corrected chi connectivity index (χ3v) is 6.00. The van der Waals surface area contributed by atoms with Crippen LogP contribution < -0.4 is 0 Å². The van der Waals surface area contributed by atoms with Crippen molar-refractivity contribution in [2.75, 3.05) is 13.1 Å². The van der Waals surface area contributed by atoms with Crippen LogP contribution in [0.1, 0.15) is 40.7 Å². The number of benzene rings is 1. The molecule has 4 rings (SSSR count). The minimum absolute atomic E-state index is 0.0705. The predicted octanol–water partition coefficient (Wildman–Crippen LogP) is 3.38. The van der Waals surface area contributed by atoms with E-state index in [2.05, 4.69) is 0 Å². The predicted molar refractivity (Wildman–Crippen MR) is 89.0 cm³/mol. The lowest BCUT2D eigenvalue weighted by atomic mass is 9.81. The largest absolute Gasteiger partial charge is 0.481 e. The van der Waals surface area contributed by atoms with E-state index in [1.807, 2.05) is 26.0 Å². The lowest BCUT2D eigenvalue weighted by Gasteiger charge is -2.23. The van der Waals surface area contributed by atoms with Crippen molar-refractivity contribution in [3.63, 3.8) is 0 Å². The van der Waals surface area contributed by atoms with Crippen molar-refractivity contribution in [1.29, 1.82) is 0 Å². The maximum absolute atomic E-state index is 13.0. The van der Waals surface area contributed by atoms with Gasteiger partial charge in [0.2, 0.25) is 0 Å². The maximum atomic E-state index is 13.0. The summed E-state index contributed by atoms with van der Waals surface area (Å²) in [6.45, 7) is 4.86. The summed E-state index contributed by atoms with van der Waals surface area (Å²) < 4.78 is 5.57. The van der Waals surface area contributed by atoms with Gasteiger partial charge >= 0.3 is 5.97 Å². The van der Waals surface area contributed by atoms with Gasteiger partial charge in [-0.15, -0.1) is 0 Å². The highest BCUT2D eigenvalue weighted by molar-refractivity contribution is 6.06. The highest BCUT2D eigenvalue weighted by atomic mass is 16.4. The number of rotatable bonds is 2. The molecule has 2 fully saturated rings. The number of hydrogen-bond acceptors (Lipinski definition) is 3. The van der Waals surface area contributed by atoms with E-state index in [1.165, 1.54) is 6.26 Å². The van der Waals surface area contributed by atoms with Crippen LogP contribution in [0, 0.1) is 25.2 Å². The fourth-order valence-corrected chi connectivity index (χ4v) is 4.41. The molecule has 24 heavy (non-hydrogen) atoms. The number of likely N-dealkylation sites (tertiary alicyclic amines) is 1. The molecule has 1 aliphatic heterocycles. The third-order valence-electron chi connectivity index (χ3n) is 6.00. The van der Waals surface area contributed by atoms with E-state index in [9.17, 15) is 14.7 Å². The molecular formula is C19H21NO4. The molecule has 2 atom stereocenters. The lowest BCUT2D eigenvalue weighted by molar-refractivity contribution is -0.149. The number of amides is 1. The van der Waals surface area contributed by atoms with Crippen LogP contribution in [0.15, 0.2) is 22.8 Å². The number of hydrogen-bond donors (Lipinski definition) is 1. The summed E-state index contributed by atoms with van der Waals surface area (Å²) in [5.41, 5.74) is 2.72. The number of aliphatic carboxylic acids is 1. The Bertz CT molecular complexity index is 852. The second-order valence-electron chi connectivity index (χ2n) is 7.32. The second-order valence-corrected chi connectivity index (χ2v) is 7.32. The van der Waals surface area contributed by atoms with Crippen LogP contribution >= 0.6 is 0 Å². The summed E-state index contributed by atoms with van der Waals surface area (Å²) in [4.78, 5) is 26.5. The van der Waals surface area contributed by atoms with E-state index < -0.39 is 11.4 Å². The van der Waals surface area contributed by atoms with E-state index in [-0.39, 0.29) is 11.8 Å². The number of aryl methyl sites for hydroxylation is 2. The Morgan fingerprint density at radius 3 is 2.75 bits per heavy atom. The van der Waals surface area contributed by atoms with E-state index in [0.717, 1.165) is 29.4 Å². The van der Waals surface area contributed by atoms with Crippen LogP contribution in [-0.2, 0) is 4.79 Å². The molecule has 0 spiro atoms. The summed E-state index contributed by atoms with van der Waals surface area (Å²) in [6, 6.07) is 3.92. The van der Waals surface area contributed by atoms with Gasteiger partial charge in [0.15, 0.2) is 0 Å². The molecule has 1 aromatic carbocycles. The number of carbonyl (C=O) groups is 2. The van der Waals surface area contributed by atoms with Crippen molar-refractivity contribution in [2.24, 2.45) is 11.3 Å². The summed E-state index contributed by atoms with van der Waals surface area (Å²) in [7, 11) is 0. The Hall–Kier alpha value is -2.30. The first-order valence-corrected chi connectivity index (χ1v) is 8.43. The van der Waals surface area contributed by atoms with Gasteiger partial charge in [-0.05, 0) is 55.9 Å². The highest BCUT2D eigenvalue weighted by Gasteiger charge is 2.55. The molecule has 1 saturated carbocycles. The minimum atomic E-state index is -0.760. The number of carbonyl (C=O) groups excluding carboxylic acids is 1. The van der Waals surface area contributed by atoms with Crippen molar-refractivity contribution in [1.82, 2.24) is 4.90 Å². The first-order chi connectivity index (χ1) is 11.4. The van der Waals surface area contributed by atoms with Crippen LogP contribution in [-0.4, -0.2) is 35.0 Å². The molecule has 1 saturated heterocycles. The first kappa shape index (κ1) is 15.2. The number of fused-ring (bicyclic) bond motifs is 2. The summed E-state index contributed by atoms with van der Waals surface area (Å²) >= 11 is 0. The molecule has 1 aliphatic carbocycles. The van der Waals surface area contributed by atoms with Crippen molar-refractivity contribution >= 4 is 22.8 Å². The quantitative estimate of drug-likeness (QED) is 0.918. The van der Waals surface area contributed by atoms with Gasteiger partial charge in [-0.25, -0.2) is 0 Å². The zero-order chi connectivity index (χ0) is 17.1. The van der Waals surface area contributed by atoms with Crippen LogP contribution in [0.2, 0.25) is 0 Å². The van der Waals surface area contributed by atoms with E-state index in [1.54, 1.807) is 4.90 Å². The normalized spacial score (nSPS) is 26.1. The minimum Gasteiger partial charge on any atom is -0.481 e. The second kappa shape index (κ2) is 5.10. The molecular weight excluding hydrogens is 306 g/mol. The molecule has 0 radical (unpaired) electrons. The summed E-state index contributed by atoms with van der Waals surface area (Å²) in [5, 5.41) is 10.5. The van der Waals surface area contributed by atoms with Gasteiger partial charge in [0.05, 0.1) is 11.0 Å². The molecule has 1 aromatic heterocycles. The number of carboxylic acid groups (broad SMARTS) is 1. The van der Waals surface area contributed by atoms with Gasteiger partial charge in [-0.3, -0.25) is 9.59 Å². The monoisotopic (exact) mass is 327 g/mol. The van der Waals surface area contributed by atoms with Gasteiger partial charge in [-0.2, -0.15) is 0 Å². The SMILES string of the molecule is Cc1cc2occ(C(=O)N3C[C@@H]4CCC[C@@]4(C(=O)O)C3)c2cc1C. The van der Waals surface area contributed by atoms with Crippen LogP contribution in [0.25, 0.3) is 11.0 Å². The number of carboxylic acids is 1. The average Bonchev–Trinajstić information content (AvgIpc) is 3.19. The molecule has 0 bridgehead atoms. The van der Waals surface area contributed by atoms with Crippen molar-refractivity contribution in [2.45, 2.75) is 33.1 Å². The zero-order valence-electron chi connectivity index (χ0n) is 14.0. The zero-order valence-corrected chi connectivity index (χ0v) is 14.0. The fourth-order valence-electron chi connectivity index (χ4n) is 4.41. The number of nitrogens with zero attached hydrogens (tertiary/aromatic N) is 1. The van der Waals surface area contributed by atoms with Crippen LogP contribution in [0.5, 0.6) is 0 Å². The van der Waals surface area contributed by atoms with E-state index in [0.29, 0.717) is 30.7 Å². The average molecular weight is 327 g/mol. The van der Waals surface area contributed by atoms with E-state index in [4.69, 9.17) is 4.42 Å². The molecule has 2 aliphatic rings. The van der Waals surface area contributed by atoms with Crippen LogP contribution in [0.4, 0.5) is 0 Å². The van der Waals surface area contributed by atoms with Crippen molar-refractivity contribution in [3.8, 4) is 0 Å². The lowest BCUT2D eigenvalue weighted by Crippen LogP contribution is -2.37. The van der Waals surface area contributed by atoms with Gasteiger partial charge in [0.25, 0.3) is 5.91 Å². The standard InChI is InChI=1S/C19H21NO4/c1-11-6-14-15(9-24-16(14)7-12(11)2)17(21)20-8-13-4-3-5-19(13,10-20)18(22)23/h6-7,9,13H,3-5,8,10H2,1-2H3,(H,22,23)/t13-,19+/m0/s1. The molecule has 5 heteroatoms. The Kier molecular flexibility index (Phi) is 3.24. The Morgan fingerprint density at radius 2 is 2.04 bits per heavy atom. The Morgan fingerprint density at radius 1 is 1.29 bits per heavy atom.